The van der Waals surface area contributed by atoms with Crippen LogP contribution in [0.25, 0.3) is 0 Å². The van der Waals surface area contributed by atoms with Crippen molar-refractivity contribution >= 4 is 11.9 Å². The number of carboxylic acid groups (broad SMARTS) is 1. The van der Waals surface area contributed by atoms with E-state index in [0.29, 0.717) is 24.3 Å². The van der Waals surface area contributed by atoms with Crippen LogP contribution in [0.4, 0.5) is 0 Å². The highest BCUT2D eigenvalue weighted by atomic mass is 16.9. The number of hydrogen-bond acceptors (Lipinski definition) is 7. The Labute approximate surface area is 185 Å². The van der Waals surface area contributed by atoms with E-state index < -0.39 is 22.6 Å². The fraction of sp³-hybridized carbons (Fsp3) is 0.478. The SMILES string of the molecule is CC1=C[C@H]2c3c(OC(=O)C=CC(=O)O)cc(CCCO[N+](=O)[O-])cc3OC(C)(C)[C@@H]2CC1. The molecule has 32 heavy (non-hydrogen) atoms. The molecule has 9 heteroatoms. The fourth-order valence-electron chi connectivity index (χ4n) is 4.49. The second-order valence-corrected chi connectivity index (χ2v) is 8.65. The molecule has 172 valence electrons. The first-order chi connectivity index (χ1) is 15.1. The smallest absolute Gasteiger partial charge is 0.336 e. The monoisotopic (exact) mass is 445 g/mol. The number of carbonyl (C=O) groups excluding carboxylic acids is 1. The van der Waals surface area contributed by atoms with E-state index >= 15 is 0 Å². The van der Waals surface area contributed by atoms with Gasteiger partial charge in [-0.05, 0) is 64.2 Å². The van der Waals surface area contributed by atoms with Gasteiger partial charge in [0.25, 0.3) is 5.09 Å². The Kier molecular flexibility index (Phi) is 6.86. The summed E-state index contributed by atoms with van der Waals surface area (Å²) in [4.78, 5) is 37.8. The van der Waals surface area contributed by atoms with Crippen LogP contribution >= 0.6 is 0 Å². The van der Waals surface area contributed by atoms with E-state index in [0.717, 1.165) is 36.1 Å². The molecular formula is C23H27NO8. The van der Waals surface area contributed by atoms with E-state index in [9.17, 15) is 19.7 Å². The lowest BCUT2D eigenvalue weighted by atomic mass is 9.68. The summed E-state index contributed by atoms with van der Waals surface area (Å²) in [6.45, 7) is 6.10. The normalized spacial score (nSPS) is 21.0. The van der Waals surface area contributed by atoms with Gasteiger partial charge in [-0.2, -0.15) is 0 Å². The van der Waals surface area contributed by atoms with E-state index in [-0.39, 0.29) is 18.4 Å². The number of carboxylic acids is 1. The molecule has 1 aliphatic heterocycles. The first kappa shape index (κ1) is 23.3. The summed E-state index contributed by atoms with van der Waals surface area (Å²) >= 11 is 0. The molecule has 0 spiro atoms. The second kappa shape index (κ2) is 9.42. The first-order valence-electron chi connectivity index (χ1n) is 10.5. The zero-order chi connectivity index (χ0) is 23.5. The lowest BCUT2D eigenvalue weighted by Gasteiger charge is -2.46. The van der Waals surface area contributed by atoms with Crippen LogP contribution in [0.3, 0.4) is 0 Å². The molecule has 1 N–H and O–H groups in total. The van der Waals surface area contributed by atoms with Crippen molar-refractivity contribution < 1.29 is 34.1 Å². The molecule has 1 aromatic carbocycles. The second-order valence-electron chi connectivity index (χ2n) is 8.65. The summed E-state index contributed by atoms with van der Waals surface area (Å²) in [5.41, 5.74) is 2.34. The molecule has 0 saturated heterocycles. The van der Waals surface area contributed by atoms with E-state index in [4.69, 9.17) is 14.6 Å². The third kappa shape index (κ3) is 5.46. The Morgan fingerprint density at radius 1 is 1.34 bits per heavy atom. The van der Waals surface area contributed by atoms with E-state index in [1.54, 1.807) is 6.07 Å². The predicted octanol–water partition coefficient (Wildman–Crippen LogP) is 3.98. The lowest BCUT2D eigenvalue weighted by Crippen LogP contribution is -2.45. The van der Waals surface area contributed by atoms with Crippen LogP contribution in [0.15, 0.2) is 35.9 Å². The Balaban J connectivity index is 1.99. The standard InChI is InChI=1S/C23H27NO8/c1-14-6-7-17-16(11-14)22-18(31-21(27)9-8-20(25)26)12-15(5-4-10-30-24(28)29)13-19(22)32-23(17,2)3/h8-9,11-13,16-17H,4-7,10H2,1-3H3,(H,25,26)/t16-,17-/m1/s1. The Bertz CT molecular complexity index is 978. The quantitative estimate of drug-likeness (QED) is 0.121. The Hall–Kier alpha value is -3.36. The molecule has 1 heterocycles. The van der Waals surface area contributed by atoms with Crippen molar-refractivity contribution in [1.82, 2.24) is 0 Å². The van der Waals surface area contributed by atoms with Crippen molar-refractivity contribution in [2.24, 2.45) is 5.92 Å². The number of esters is 1. The summed E-state index contributed by atoms with van der Waals surface area (Å²) in [7, 11) is 0. The maximum absolute atomic E-state index is 12.3. The van der Waals surface area contributed by atoms with Crippen LogP contribution in [-0.2, 0) is 20.8 Å². The number of allylic oxidation sites excluding steroid dienone is 2. The van der Waals surface area contributed by atoms with Crippen LogP contribution in [0.2, 0.25) is 0 Å². The maximum atomic E-state index is 12.3. The highest BCUT2D eigenvalue weighted by molar-refractivity contribution is 5.92. The number of aliphatic carboxylic acids is 1. The highest BCUT2D eigenvalue weighted by Gasteiger charge is 2.45. The predicted molar refractivity (Wildman–Crippen MR) is 114 cm³/mol. The van der Waals surface area contributed by atoms with Gasteiger partial charge in [0.1, 0.15) is 17.1 Å². The molecule has 2 atom stereocenters. The minimum Gasteiger partial charge on any atom is -0.487 e. The molecule has 3 rings (SSSR count). The summed E-state index contributed by atoms with van der Waals surface area (Å²) in [5, 5.41) is 18.3. The third-order valence-electron chi connectivity index (χ3n) is 5.89. The average Bonchev–Trinajstić information content (AvgIpc) is 2.68. The minimum absolute atomic E-state index is 0.0133. The molecule has 1 aliphatic carbocycles. The van der Waals surface area contributed by atoms with Crippen LogP contribution < -0.4 is 9.47 Å². The number of fused-ring (bicyclic) bond motifs is 3. The molecule has 0 unspecified atom stereocenters. The van der Waals surface area contributed by atoms with Gasteiger partial charge in [0.15, 0.2) is 0 Å². The largest absolute Gasteiger partial charge is 0.487 e. The summed E-state index contributed by atoms with van der Waals surface area (Å²) < 4.78 is 11.9. The molecule has 0 aromatic heterocycles. The van der Waals surface area contributed by atoms with Crippen LogP contribution in [0.5, 0.6) is 11.5 Å². The van der Waals surface area contributed by atoms with Gasteiger partial charge in [-0.1, -0.05) is 11.6 Å². The van der Waals surface area contributed by atoms with Crippen molar-refractivity contribution in [1.29, 1.82) is 0 Å². The molecular weight excluding hydrogens is 418 g/mol. The first-order valence-corrected chi connectivity index (χ1v) is 10.5. The Morgan fingerprint density at radius 2 is 2.09 bits per heavy atom. The van der Waals surface area contributed by atoms with Crippen molar-refractivity contribution in [3.05, 3.63) is 57.2 Å². The highest BCUT2D eigenvalue weighted by Crippen LogP contribution is 2.53. The molecule has 1 aromatic rings. The van der Waals surface area contributed by atoms with Gasteiger partial charge >= 0.3 is 11.9 Å². The molecule has 0 fully saturated rings. The van der Waals surface area contributed by atoms with Crippen molar-refractivity contribution in [2.75, 3.05) is 6.61 Å². The number of ether oxygens (including phenoxy) is 2. The number of aryl methyl sites for hydroxylation is 1. The number of benzene rings is 1. The summed E-state index contributed by atoms with van der Waals surface area (Å²) in [6, 6.07) is 3.59. The van der Waals surface area contributed by atoms with Crippen molar-refractivity contribution in [3.63, 3.8) is 0 Å². The molecule has 0 saturated carbocycles. The van der Waals surface area contributed by atoms with Crippen LogP contribution in [0, 0.1) is 16.0 Å². The number of carbonyl (C=O) groups is 2. The molecule has 2 aliphatic rings. The minimum atomic E-state index is -1.25. The number of nitrogens with zero attached hydrogens (tertiary/aromatic N) is 1. The van der Waals surface area contributed by atoms with Gasteiger partial charge in [-0.25, -0.2) is 9.59 Å². The van der Waals surface area contributed by atoms with E-state index in [1.165, 1.54) is 5.57 Å². The molecule has 0 bridgehead atoms. The van der Waals surface area contributed by atoms with Crippen LogP contribution in [0.1, 0.15) is 57.1 Å². The number of rotatable bonds is 8. The fourth-order valence-corrected chi connectivity index (χ4v) is 4.49. The van der Waals surface area contributed by atoms with Gasteiger partial charge in [-0.3, -0.25) is 0 Å². The van der Waals surface area contributed by atoms with Gasteiger partial charge in [0.2, 0.25) is 0 Å². The lowest BCUT2D eigenvalue weighted by molar-refractivity contribution is -0.757. The van der Waals surface area contributed by atoms with Gasteiger partial charge < -0.3 is 19.4 Å². The number of hydrogen-bond donors (Lipinski definition) is 1. The molecule has 0 radical (unpaired) electrons. The van der Waals surface area contributed by atoms with Crippen LogP contribution in [-0.4, -0.2) is 34.3 Å². The average molecular weight is 445 g/mol. The zero-order valence-corrected chi connectivity index (χ0v) is 18.3. The van der Waals surface area contributed by atoms with Crippen molar-refractivity contribution in [2.45, 2.75) is 58.0 Å². The van der Waals surface area contributed by atoms with Gasteiger partial charge in [0.05, 0.1) is 6.61 Å². The van der Waals surface area contributed by atoms with Gasteiger partial charge in [-0.15, -0.1) is 10.1 Å². The third-order valence-corrected chi connectivity index (χ3v) is 5.89. The maximum Gasteiger partial charge on any atom is 0.336 e. The van der Waals surface area contributed by atoms with E-state index in [2.05, 4.69) is 17.8 Å². The van der Waals surface area contributed by atoms with Gasteiger partial charge in [0, 0.05) is 29.6 Å². The van der Waals surface area contributed by atoms with Crippen molar-refractivity contribution in [3.8, 4) is 11.5 Å². The Morgan fingerprint density at radius 3 is 2.78 bits per heavy atom. The summed E-state index contributed by atoms with van der Waals surface area (Å²) in [5.74, 6) is -0.976. The zero-order valence-electron chi connectivity index (χ0n) is 18.3. The summed E-state index contributed by atoms with van der Waals surface area (Å²) in [6.07, 6.45) is 6.51. The topological polar surface area (TPSA) is 125 Å². The van der Waals surface area contributed by atoms with E-state index in [1.807, 2.05) is 19.9 Å². The molecule has 9 nitrogen and oxygen atoms in total. The molecule has 0 amide bonds.